The number of benzene rings is 1. The SMILES string of the molecule is CCCCN(C(=O)Cn1cnc2cccnc21)c1ccccc1. The van der Waals surface area contributed by atoms with Crippen LogP contribution >= 0.6 is 0 Å². The molecule has 1 amide bonds. The summed E-state index contributed by atoms with van der Waals surface area (Å²) in [6.45, 7) is 3.09. The smallest absolute Gasteiger partial charge is 0.247 e. The second kappa shape index (κ2) is 7.05. The molecule has 23 heavy (non-hydrogen) atoms. The van der Waals surface area contributed by atoms with Gasteiger partial charge in [-0.3, -0.25) is 4.79 Å². The Kier molecular flexibility index (Phi) is 4.66. The Morgan fingerprint density at radius 1 is 1.13 bits per heavy atom. The molecule has 0 aliphatic rings. The van der Waals surface area contributed by atoms with Crippen molar-refractivity contribution in [1.29, 1.82) is 0 Å². The van der Waals surface area contributed by atoms with E-state index in [2.05, 4.69) is 16.9 Å². The quantitative estimate of drug-likeness (QED) is 0.702. The Morgan fingerprint density at radius 3 is 2.74 bits per heavy atom. The number of unbranched alkanes of at least 4 members (excludes halogenated alkanes) is 1. The van der Waals surface area contributed by atoms with E-state index in [1.807, 2.05) is 47.4 Å². The van der Waals surface area contributed by atoms with E-state index in [1.54, 1.807) is 17.1 Å². The van der Waals surface area contributed by atoms with Gasteiger partial charge in [0.2, 0.25) is 5.91 Å². The van der Waals surface area contributed by atoms with Gasteiger partial charge in [-0.05, 0) is 30.7 Å². The largest absolute Gasteiger partial charge is 0.311 e. The molecule has 2 aromatic heterocycles. The van der Waals surface area contributed by atoms with Crippen LogP contribution in [0.3, 0.4) is 0 Å². The maximum absolute atomic E-state index is 12.8. The Hall–Kier alpha value is -2.69. The van der Waals surface area contributed by atoms with E-state index >= 15 is 0 Å². The van der Waals surface area contributed by atoms with Crippen LogP contribution in [0.4, 0.5) is 5.69 Å². The number of amides is 1. The molecule has 3 rings (SSSR count). The number of hydrogen-bond donors (Lipinski definition) is 0. The van der Waals surface area contributed by atoms with E-state index in [-0.39, 0.29) is 12.5 Å². The summed E-state index contributed by atoms with van der Waals surface area (Å²) in [5.74, 6) is 0.0506. The molecule has 0 radical (unpaired) electrons. The van der Waals surface area contributed by atoms with Crippen LogP contribution in [0.1, 0.15) is 19.8 Å². The van der Waals surface area contributed by atoms with E-state index in [9.17, 15) is 4.79 Å². The topological polar surface area (TPSA) is 51.0 Å². The van der Waals surface area contributed by atoms with E-state index in [0.717, 1.165) is 36.2 Å². The van der Waals surface area contributed by atoms with Crippen molar-refractivity contribution in [1.82, 2.24) is 14.5 Å². The molecular formula is C18H20N4O. The Labute approximate surface area is 135 Å². The average Bonchev–Trinajstić information content (AvgIpc) is 2.99. The van der Waals surface area contributed by atoms with E-state index in [0.29, 0.717) is 0 Å². The van der Waals surface area contributed by atoms with Crippen LogP contribution in [-0.4, -0.2) is 27.0 Å². The first-order valence-electron chi connectivity index (χ1n) is 7.91. The van der Waals surface area contributed by atoms with Gasteiger partial charge < -0.3 is 9.47 Å². The lowest BCUT2D eigenvalue weighted by Crippen LogP contribution is -2.34. The van der Waals surface area contributed by atoms with Crippen LogP contribution in [0, 0.1) is 0 Å². The lowest BCUT2D eigenvalue weighted by Gasteiger charge is -2.23. The van der Waals surface area contributed by atoms with E-state index < -0.39 is 0 Å². The molecule has 0 fully saturated rings. The zero-order valence-electron chi connectivity index (χ0n) is 13.2. The van der Waals surface area contributed by atoms with Crippen molar-refractivity contribution in [2.45, 2.75) is 26.3 Å². The third kappa shape index (κ3) is 3.39. The molecule has 0 saturated carbocycles. The molecule has 3 aromatic rings. The average molecular weight is 308 g/mol. The van der Waals surface area contributed by atoms with Gasteiger partial charge in [0.15, 0.2) is 5.65 Å². The minimum absolute atomic E-state index is 0.0506. The summed E-state index contributed by atoms with van der Waals surface area (Å²) < 4.78 is 1.81. The first kappa shape index (κ1) is 15.2. The fourth-order valence-corrected chi connectivity index (χ4v) is 2.57. The number of fused-ring (bicyclic) bond motifs is 1. The van der Waals surface area contributed by atoms with Gasteiger partial charge in [0.1, 0.15) is 12.1 Å². The van der Waals surface area contributed by atoms with Crippen LogP contribution in [0.15, 0.2) is 55.0 Å². The van der Waals surface area contributed by atoms with Gasteiger partial charge in [-0.15, -0.1) is 0 Å². The standard InChI is InChI=1S/C18H20N4O/c1-2-3-12-22(15-8-5-4-6-9-15)17(23)13-21-14-20-16-10-7-11-19-18(16)21/h4-11,14H,2-3,12-13H2,1H3. The van der Waals surface area contributed by atoms with Gasteiger partial charge in [-0.25, -0.2) is 9.97 Å². The third-order valence-electron chi connectivity index (χ3n) is 3.78. The maximum atomic E-state index is 12.8. The molecule has 0 N–H and O–H groups in total. The molecule has 0 saturated heterocycles. The monoisotopic (exact) mass is 308 g/mol. The summed E-state index contributed by atoms with van der Waals surface area (Å²) in [7, 11) is 0. The van der Waals surface area contributed by atoms with Crippen LogP contribution in [0.2, 0.25) is 0 Å². The van der Waals surface area contributed by atoms with E-state index in [1.165, 1.54) is 0 Å². The summed E-state index contributed by atoms with van der Waals surface area (Å²) >= 11 is 0. The van der Waals surface area contributed by atoms with Crippen molar-refractivity contribution < 1.29 is 4.79 Å². The Bertz CT molecular complexity index is 782. The number of hydrogen-bond acceptors (Lipinski definition) is 3. The first-order chi connectivity index (χ1) is 11.3. The zero-order valence-corrected chi connectivity index (χ0v) is 13.2. The van der Waals surface area contributed by atoms with Crippen LogP contribution in [-0.2, 0) is 11.3 Å². The highest BCUT2D eigenvalue weighted by Gasteiger charge is 2.16. The van der Waals surface area contributed by atoms with Crippen molar-refractivity contribution in [3.05, 3.63) is 55.0 Å². The number of carbonyl (C=O) groups excluding carboxylic acids is 1. The third-order valence-corrected chi connectivity index (χ3v) is 3.78. The molecule has 0 bridgehead atoms. The van der Waals surface area contributed by atoms with Crippen molar-refractivity contribution in [2.75, 3.05) is 11.4 Å². The fourth-order valence-electron chi connectivity index (χ4n) is 2.57. The number of aromatic nitrogens is 3. The lowest BCUT2D eigenvalue weighted by atomic mass is 10.2. The zero-order chi connectivity index (χ0) is 16.1. The molecule has 118 valence electrons. The van der Waals surface area contributed by atoms with Crippen molar-refractivity contribution >= 4 is 22.8 Å². The van der Waals surface area contributed by atoms with Crippen LogP contribution in [0.25, 0.3) is 11.2 Å². The highest BCUT2D eigenvalue weighted by molar-refractivity contribution is 5.93. The summed E-state index contributed by atoms with van der Waals surface area (Å²) in [6, 6.07) is 13.6. The van der Waals surface area contributed by atoms with Gasteiger partial charge in [0.05, 0.1) is 6.33 Å². The minimum atomic E-state index is 0.0506. The molecule has 2 heterocycles. The normalized spacial score (nSPS) is 10.8. The molecule has 5 heteroatoms. The molecule has 0 atom stereocenters. The fraction of sp³-hybridized carbons (Fsp3) is 0.278. The Balaban J connectivity index is 1.83. The second-order valence-corrected chi connectivity index (χ2v) is 5.45. The molecule has 0 aliphatic heterocycles. The van der Waals surface area contributed by atoms with Gasteiger partial charge in [0, 0.05) is 18.4 Å². The summed E-state index contributed by atoms with van der Waals surface area (Å²) in [6.07, 6.45) is 5.42. The van der Waals surface area contributed by atoms with Gasteiger partial charge in [-0.2, -0.15) is 0 Å². The van der Waals surface area contributed by atoms with Crippen LogP contribution in [0.5, 0.6) is 0 Å². The number of nitrogens with zero attached hydrogens (tertiary/aromatic N) is 4. The molecule has 5 nitrogen and oxygen atoms in total. The summed E-state index contributed by atoms with van der Waals surface area (Å²) in [4.78, 5) is 23.3. The number of pyridine rings is 1. The predicted molar refractivity (Wildman–Crippen MR) is 91.2 cm³/mol. The molecule has 0 spiro atoms. The van der Waals surface area contributed by atoms with Gasteiger partial charge in [-0.1, -0.05) is 31.5 Å². The number of para-hydroxylation sites is 1. The van der Waals surface area contributed by atoms with E-state index in [4.69, 9.17) is 0 Å². The number of rotatable bonds is 6. The Morgan fingerprint density at radius 2 is 1.96 bits per heavy atom. The number of carbonyl (C=O) groups is 1. The molecule has 0 unspecified atom stereocenters. The van der Waals surface area contributed by atoms with Crippen molar-refractivity contribution in [2.24, 2.45) is 0 Å². The van der Waals surface area contributed by atoms with Gasteiger partial charge >= 0.3 is 0 Å². The molecule has 1 aromatic carbocycles. The first-order valence-corrected chi connectivity index (χ1v) is 7.91. The number of imidazole rings is 1. The summed E-state index contributed by atoms with van der Waals surface area (Å²) in [5.41, 5.74) is 2.48. The highest BCUT2D eigenvalue weighted by Crippen LogP contribution is 2.16. The second-order valence-electron chi connectivity index (χ2n) is 5.45. The minimum Gasteiger partial charge on any atom is -0.311 e. The van der Waals surface area contributed by atoms with Gasteiger partial charge in [0.25, 0.3) is 0 Å². The number of anilines is 1. The lowest BCUT2D eigenvalue weighted by molar-refractivity contribution is -0.119. The molecular weight excluding hydrogens is 288 g/mol. The summed E-state index contributed by atoms with van der Waals surface area (Å²) in [5, 5.41) is 0. The molecule has 0 aliphatic carbocycles. The van der Waals surface area contributed by atoms with Crippen LogP contribution < -0.4 is 4.90 Å². The highest BCUT2D eigenvalue weighted by atomic mass is 16.2. The maximum Gasteiger partial charge on any atom is 0.247 e. The van der Waals surface area contributed by atoms with Crippen molar-refractivity contribution in [3.63, 3.8) is 0 Å². The predicted octanol–water partition coefficient (Wildman–Crippen LogP) is 3.26. The van der Waals surface area contributed by atoms with Crippen molar-refractivity contribution in [3.8, 4) is 0 Å².